The Morgan fingerprint density at radius 2 is 1.64 bits per heavy atom. The number of carbonyl (C=O) groups excluding carboxylic acids is 1. The second kappa shape index (κ2) is 8.84. The minimum atomic E-state index is 0.147. The van der Waals surface area contributed by atoms with E-state index in [9.17, 15) is 4.79 Å². The molecule has 146 valence electrons. The van der Waals surface area contributed by atoms with Crippen molar-refractivity contribution in [2.75, 3.05) is 50.4 Å². The van der Waals surface area contributed by atoms with Crippen LogP contribution in [0.2, 0.25) is 0 Å². The smallest absolute Gasteiger partial charge is 0.260 e. The second-order valence-electron chi connectivity index (χ2n) is 7.42. The highest BCUT2D eigenvalue weighted by Gasteiger charge is 2.25. The van der Waals surface area contributed by atoms with Gasteiger partial charge in [-0.25, -0.2) is 0 Å². The third kappa shape index (κ3) is 4.42. The Labute approximate surface area is 171 Å². The van der Waals surface area contributed by atoms with Crippen molar-refractivity contribution in [1.82, 2.24) is 9.80 Å². The summed E-state index contributed by atoms with van der Waals surface area (Å²) in [5.41, 5.74) is 3.56. The van der Waals surface area contributed by atoms with Gasteiger partial charge in [-0.2, -0.15) is 0 Å². The largest absolute Gasteiger partial charge is 0.368 e. The van der Waals surface area contributed by atoms with Crippen LogP contribution >= 0.6 is 11.8 Å². The van der Waals surface area contributed by atoms with Crippen molar-refractivity contribution in [3.05, 3.63) is 70.6 Å². The summed E-state index contributed by atoms with van der Waals surface area (Å²) >= 11 is 1.68. The lowest BCUT2D eigenvalue weighted by atomic mass is 10.1. The van der Waals surface area contributed by atoms with E-state index in [4.69, 9.17) is 0 Å². The molecule has 1 amide bonds. The van der Waals surface area contributed by atoms with Gasteiger partial charge in [-0.3, -0.25) is 4.79 Å². The number of thioether (sulfide) groups is 1. The first kappa shape index (κ1) is 19.1. The van der Waals surface area contributed by atoms with Gasteiger partial charge < -0.3 is 14.7 Å². The number of carbonyl (C=O) groups is 1. The molecule has 0 spiro atoms. The van der Waals surface area contributed by atoms with Gasteiger partial charge in [0.25, 0.3) is 5.91 Å². The molecule has 0 aliphatic carbocycles. The fourth-order valence-electron chi connectivity index (χ4n) is 3.73. The molecule has 0 atom stereocenters. The van der Waals surface area contributed by atoms with Crippen LogP contribution in [0.25, 0.3) is 6.08 Å². The van der Waals surface area contributed by atoms with Crippen molar-refractivity contribution >= 4 is 29.4 Å². The highest BCUT2D eigenvalue weighted by molar-refractivity contribution is 8.04. The zero-order valence-electron chi connectivity index (χ0n) is 16.4. The first-order valence-corrected chi connectivity index (χ1v) is 10.9. The third-order valence-corrected chi connectivity index (χ3v) is 6.39. The number of para-hydroxylation sites is 1. The van der Waals surface area contributed by atoms with E-state index in [1.165, 1.54) is 11.3 Å². The topological polar surface area (TPSA) is 26.8 Å². The zero-order chi connectivity index (χ0) is 19.3. The van der Waals surface area contributed by atoms with Crippen LogP contribution in [0.15, 0.2) is 59.5 Å². The lowest BCUT2D eigenvalue weighted by molar-refractivity contribution is -0.126. The van der Waals surface area contributed by atoms with E-state index in [1.54, 1.807) is 11.8 Å². The summed E-state index contributed by atoms with van der Waals surface area (Å²) in [4.78, 5) is 20.7. The molecule has 2 aliphatic heterocycles. The Morgan fingerprint density at radius 1 is 0.929 bits per heavy atom. The number of rotatable bonds is 4. The summed E-state index contributed by atoms with van der Waals surface area (Å²) < 4.78 is 0. The molecule has 2 aliphatic rings. The van der Waals surface area contributed by atoms with Crippen LogP contribution in [-0.4, -0.2) is 61.2 Å². The Bertz CT molecular complexity index is 844. The van der Waals surface area contributed by atoms with Crippen molar-refractivity contribution in [1.29, 1.82) is 0 Å². The number of amides is 1. The van der Waals surface area contributed by atoms with Crippen molar-refractivity contribution in [3.63, 3.8) is 0 Å². The van der Waals surface area contributed by atoms with Crippen LogP contribution in [0.4, 0.5) is 5.69 Å². The minimum Gasteiger partial charge on any atom is -0.368 e. The number of likely N-dealkylation sites (N-methyl/N-ethyl adjacent to an activating group) is 1. The van der Waals surface area contributed by atoms with Gasteiger partial charge in [0.1, 0.15) is 0 Å². The summed E-state index contributed by atoms with van der Waals surface area (Å²) in [6.45, 7) is 5.68. The highest BCUT2D eigenvalue weighted by Crippen LogP contribution is 2.31. The Kier molecular flexibility index (Phi) is 6.03. The van der Waals surface area contributed by atoms with E-state index in [-0.39, 0.29) is 5.91 Å². The molecule has 2 fully saturated rings. The molecular weight excluding hydrogens is 366 g/mol. The fraction of sp³-hybridized carbons (Fsp3) is 0.348. The number of benzene rings is 2. The molecule has 5 heteroatoms. The predicted octanol–water partition coefficient (Wildman–Crippen LogP) is 3.55. The van der Waals surface area contributed by atoms with E-state index >= 15 is 0 Å². The van der Waals surface area contributed by atoms with Gasteiger partial charge in [-0.05, 0) is 30.3 Å². The van der Waals surface area contributed by atoms with Crippen LogP contribution in [0, 0.1) is 0 Å². The molecule has 0 N–H and O–H groups in total. The van der Waals surface area contributed by atoms with E-state index in [2.05, 4.69) is 59.3 Å². The van der Waals surface area contributed by atoms with Crippen LogP contribution in [0.5, 0.6) is 0 Å². The minimum absolute atomic E-state index is 0.147. The molecule has 0 radical (unpaired) electrons. The first-order valence-electron chi connectivity index (χ1n) is 9.91. The van der Waals surface area contributed by atoms with Crippen molar-refractivity contribution < 1.29 is 4.79 Å². The monoisotopic (exact) mass is 393 g/mol. The van der Waals surface area contributed by atoms with Crippen molar-refractivity contribution in [2.45, 2.75) is 6.54 Å². The van der Waals surface area contributed by atoms with Gasteiger partial charge in [0.2, 0.25) is 0 Å². The first-order chi connectivity index (χ1) is 13.7. The highest BCUT2D eigenvalue weighted by atomic mass is 32.2. The summed E-state index contributed by atoms with van der Waals surface area (Å²) in [5.74, 6) is 1.09. The van der Waals surface area contributed by atoms with Crippen LogP contribution in [0.1, 0.15) is 11.1 Å². The van der Waals surface area contributed by atoms with Gasteiger partial charge in [-0.15, -0.1) is 11.8 Å². The number of nitrogens with zero attached hydrogens (tertiary/aromatic N) is 3. The molecular formula is C23H27N3OS. The quantitative estimate of drug-likeness (QED) is 0.742. The summed E-state index contributed by atoms with van der Waals surface area (Å²) in [6, 6.07) is 18.7. The SMILES string of the molecule is CN1CCN(c2ccccc2/C=C2/SCCN(Cc3ccccc3)C2=O)CC1. The zero-order valence-corrected chi connectivity index (χ0v) is 17.2. The number of hydrogen-bond donors (Lipinski definition) is 0. The number of piperazine rings is 1. The molecule has 28 heavy (non-hydrogen) atoms. The molecule has 4 rings (SSSR count). The fourth-order valence-corrected chi connectivity index (χ4v) is 4.72. The summed E-state index contributed by atoms with van der Waals surface area (Å²) in [7, 11) is 2.17. The summed E-state index contributed by atoms with van der Waals surface area (Å²) in [5, 5.41) is 0. The van der Waals surface area contributed by atoms with Crippen molar-refractivity contribution in [3.8, 4) is 0 Å². The molecule has 2 aromatic carbocycles. The normalized spacial score (nSPS) is 20.0. The molecule has 0 saturated carbocycles. The van der Waals surface area contributed by atoms with Gasteiger partial charge in [0, 0.05) is 50.7 Å². The molecule has 0 aromatic heterocycles. The van der Waals surface area contributed by atoms with Gasteiger partial charge in [0.15, 0.2) is 0 Å². The van der Waals surface area contributed by atoms with E-state index < -0.39 is 0 Å². The molecule has 2 saturated heterocycles. The Balaban J connectivity index is 1.54. The lowest BCUT2D eigenvalue weighted by Crippen LogP contribution is -2.44. The molecule has 4 nitrogen and oxygen atoms in total. The van der Waals surface area contributed by atoms with Crippen LogP contribution in [-0.2, 0) is 11.3 Å². The molecule has 2 heterocycles. The maximum Gasteiger partial charge on any atom is 0.260 e. The average molecular weight is 394 g/mol. The Hall–Kier alpha value is -2.24. The molecule has 0 unspecified atom stereocenters. The van der Waals surface area contributed by atoms with Gasteiger partial charge in [-0.1, -0.05) is 48.5 Å². The maximum absolute atomic E-state index is 13.1. The molecule has 0 bridgehead atoms. The van der Waals surface area contributed by atoms with E-state index in [1.807, 2.05) is 23.1 Å². The third-order valence-electron chi connectivity index (χ3n) is 5.40. The predicted molar refractivity (Wildman–Crippen MR) is 118 cm³/mol. The van der Waals surface area contributed by atoms with Crippen molar-refractivity contribution in [2.24, 2.45) is 0 Å². The lowest BCUT2D eigenvalue weighted by Gasteiger charge is -2.35. The van der Waals surface area contributed by atoms with Gasteiger partial charge >= 0.3 is 0 Å². The molecule has 2 aromatic rings. The average Bonchev–Trinajstić information content (AvgIpc) is 2.73. The summed E-state index contributed by atoms with van der Waals surface area (Å²) in [6.07, 6.45) is 2.10. The number of anilines is 1. The van der Waals surface area contributed by atoms with Crippen LogP contribution < -0.4 is 4.90 Å². The van der Waals surface area contributed by atoms with Crippen LogP contribution in [0.3, 0.4) is 0 Å². The standard InChI is InChI=1S/C23H27N3OS/c1-24-11-13-25(14-12-24)21-10-6-5-9-20(21)17-22-23(27)26(15-16-28-22)18-19-7-3-2-4-8-19/h2-10,17H,11-16,18H2,1H3/b22-17+. The number of hydrogen-bond acceptors (Lipinski definition) is 4. The Morgan fingerprint density at radius 3 is 2.43 bits per heavy atom. The van der Waals surface area contributed by atoms with E-state index in [0.29, 0.717) is 6.54 Å². The maximum atomic E-state index is 13.1. The van der Waals surface area contributed by atoms with Gasteiger partial charge in [0.05, 0.1) is 4.91 Å². The van der Waals surface area contributed by atoms with E-state index in [0.717, 1.165) is 48.9 Å². The second-order valence-corrected chi connectivity index (χ2v) is 8.56.